The lowest BCUT2D eigenvalue weighted by Gasteiger charge is -2.28. The highest BCUT2D eigenvalue weighted by Gasteiger charge is 2.21. The minimum atomic E-state index is -0.0431. The van der Waals surface area contributed by atoms with Crippen LogP contribution in [0.25, 0.3) is 10.9 Å². The van der Waals surface area contributed by atoms with E-state index in [2.05, 4.69) is 26.2 Å². The summed E-state index contributed by atoms with van der Waals surface area (Å²) in [6.45, 7) is 1.49. The summed E-state index contributed by atoms with van der Waals surface area (Å²) in [6, 6.07) is 7.85. The summed E-state index contributed by atoms with van der Waals surface area (Å²) >= 11 is 3.41. The summed E-state index contributed by atoms with van der Waals surface area (Å²) in [6.07, 6.45) is 2.71. The fourth-order valence-electron chi connectivity index (χ4n) is 2.19. The number of hydrogen-bond donors (Lipinski definition) is 1. The molecule has 5 heteroatoms. The number of anilines is 1. The Bertz CT molecular complexity index is 614. The first-order chi connectivity index (χ1) is 8.75. The molecule has 3 rings (SSSR count). The summed E-state index contributed by atoms with van der Waals surface area (Å²) < 4.78 is 0.940. The van der Waals surface area contributed by atoms with Gasteiger partial charge in [-0.25, -0.2) is 4.79 Å². The SMILES string of the molecule is O=C1NCCCN1c1cccc2cc(Br)cnc12. The highest BCUT2D eigenvalue weighted by atomic mass is 79.9. The molecule has 18 heavy (non-hydrogen) atoms. The van der Waals surface area contributed by atoms with Gasteiger partial charge in [-0.1, -0.05) is 12.1 Å². The van der Waals surface area contributed by atoms with Gasteiger partial charge in [0.25, 0.3) is 0 Å². The van der Waals surface area contributed by atoms with Gasteiger partial charge in [0.15, 0.2) is 0 Å². The van der Waals surface area contributed by atoms with Crippen molar-refractivity contribution < 1.29 is 4.79 Å². The minimum absolute atomic E-state index is 0.0431. The summed E-state index contributed by atoms with van der Waals surface area (Å²) in [4.78, 5) is 18.1. The van der Waals surface area contributed by atoms with Crippen molar-refractivity contribution in [3.63, 3.8) is 0 Å². The van der Waals surface area contributed by atoms with Gasteiger partial charge in [-0.2, -0.15) is 0 Å². The van der Waals surface area contributed by atoms with Crippen LogP contribution in [0.4, 0.5) is 10.5 Å². The molecule has 1 saturated heterocycles. The van der Waals surface area contributed by atoms with E-state index in [9.17, 15) is 4.79 Å². The average molecular weight is 306 g/mol. The highest BCUT2D eigenvalue weighted by molar-refractivity contribution is 9.10. The normalized spacial score (nSPS) is 15.8. The van der Waals surface area contributed by atoms with Crippen LogP contribution in [0, 0.1) is 0 Å². The summed E-state index contributed by atoms with van der Waals surface area (Å²) in [7, 11) is 0. The van der Waals surface area contributed by atoms with Crippen LogP contribution in [0.2, 0.25) is 0 Å². The van der Waals surface area contributed by atoms with Crippen LogP contribution in [-0.2, 0) is 0 Å². The number of pyridine rings is 1. The second-order valence-electron chi connectivity index (χ2n) is 4.24. The van der Waals surface area contributed by atoms with Crippen molar-refractivity contribution in [2.45, 2.75) is 6.42 Å². The van der Waals surface area contributed by atoms with Crippen molar-refractivity contribution in [1.29, 1.82) is 0 Å². The van der Waals surface area contributed by atoms with E-state index in [1.165, 1.54) is 0 Å². The van der Waals surface area contributed by atoms with Gasteiger partial charge in [0.2, 0.25) is 0 Å². The number of carbonyl (C=O) groups excluding carboxylic acids is 1. The van der Waals surface area contributed by atoms with Gasteiger partial charge in [0.1, 0.15) is 0 Å². The summed E-state index contributed by atoms with van der Waals surface area (Å²) in [5.74, 6) is 0. The van der Waals surface area contributed by atoms with E-state index < -0.39 is 0 Å². The van der Waals surface area contributed by atoms with Crippen LogP contribution >= 0.6 is 15.9 Å². The Kier molecular flexibility index (Phi) is 2.91. The molecule has 2 amide bonds. The number of rotatable bonds is 1. The Morgan fingerprint density at radius 1 is 1.39 bits per heavy atom. The number of benzene rings is 1. The number of hydrogen-bond acceptors (Lipinski definition) is 2. The van der Waals surface area contributed by atoms with Crippen LogP contribution in [0.3, 0.4) is 0 Å². The molecule has 0 radical (unpaired) electrons. The van der Waals surface area contributed by atoms with Gasteiger partial charge in [-0.3, -0.25) is 9.88 Å². The Hall–Kier alpha value is -1.62. The monoisotopic (exact) mass is 305 g/mol. The molecule has 0 bridgehead atoms. The number of urea groups is 1. The second-order valence-corrected chi connectivity index (χ2v) is 5.16. The maximum absolute atomic E-state index is 11.9. The van der Waals surface area contributed by atoms with Crippen molar-refractivity contribution in [3.8, 4) is 0 Å². The molecule has 0 atom stereocenters. The van der Waals surface area contributed by atoms with E-state index in [-0.39, 0.29) is 6.03 Å². The van der Waals surface area contributed by atoms with Crippen molar-refractivity contribution in [1.82, 2.24) is 10.3 Å². The molecule has 1 aliphatic rings. The number of fused-ring (bicyclic) bond motifs is 1. The molecule has 92 valence electrons. The molecular weight excluding hydrogens is 294 g/mol. The van der Waals surface area contributed by atoms with Crippen LogP contribution in [-0.4, -0.2) is 24.1 Å². The number of amides is 2. The zero-order valence-corrected chi connectivity index (χ0v) is 11.3. The van der Waals surface area contributed by atoms with Crippen LogP contribution in [0.1, 0.15) is 6.42 Å². The quantitative estimate of drug-likeness (QED) is 0.880. The average Bonchev–Trinajstić information content (AvgIpc) is 2.38. The van der Waals surface area contributed by atoms with E-state index in [0.29, 0.717) is 0 Å². The molecular formula is C13H12BrN3O. The molecule has 1 N–H and O–H groups in total. The van der Waals surface area contributed by atoms with E-state index >= 15 is 0 Å². The Morgan fingerprint density at radius 2 is 2.28 bits per heavy atom. The lowest BCUT2D eigenvalue weighted by atomic mass is 10.1. The highest BCUT2D eigenvalue weighted by Crippen LogP contribution is 2.27. The molecule has 0 aliphatic carbocycles. The molecule has 0 saturated carbocycles. The minimum Gasteiger partial charge on any atom is -0.338 e. The zero-order chi connectivity index (χ0) is 12.5. The van der Waals surface area contributed by atoms with E-state index in [1.54, 1.807) is 11.1 Å². The first-order valence-corrected chi connectivity index (χ1v) is 6.64. The van der Waals surface area contributed by atoms with Gasteiger partial charge in [-0.05, 0) is 34.5 Å². The van der Waals surface area contributed by atoms with Crippen molar-refractivity contribution >= 4 is 38.6 Å². The molecule has 1 aromatic heterocycles. The van der Waals surface area contributed by atoms with Crippen molar-refractivity contribution in [2.24, 2.45) is 0 Å². The number of nitrogens with one attached hydrogen (secondary N) is 1. The first-order valence-electron chi connectivity index (χ1n) is 5.85. The number of halogens is 1. The predicted octanol–water partition coefficient (Wildman–Crippen LogP) is 2.92. The fraction of sp³-hybridized carbons (Fsp3) is 0.231. The maximum Gasteiger partial charge on any atom is 0.321 e. The number of carbonyl (C=O) groups is 1. The number of nitrogens with zero attached hydrogens (tertiary/aromatic N) is 2. The van der Waals surface area contributed by atoms with Crippen LogP contribution < -0.4 is 10.2 Å². The third kappa shape index (κ3) is 1.95. The third-order valence-electron chi connectivity index (χ3n) is 3.03. The van der Waals surface area contributed by atoms with Crippen LogP contribution in [0.5, 0.6) is 0 Å². The standard InChI is InChI=1S/C13H12BrN3O/c14-10-7-9-3-1-4-11(12(9)16-8-10)17-6-2-5-15-13(17)18/h1,3-4,7-8H,2,5-6H2,(H,15,18). The predicted molar refractivity (Wildman–Crippen MR) is 74.8 cm³/mol. The molecule has 1 aromatic carbocycles. The molecule has 2 heterocycles. The Morgan fingerprint density at radius 3 is 3.11 bits per heavy atom. The molecule has 1 fully saturated rings. The topological polar surface area (TPSA) is 45.2 Å². The smallest absolute Gasteiger partial charge is 0.321 e. The summed E-state index contributed by atoms with van der Waals surface area (Å²) in [5.41, 5.74) is 1.73. The molecule has 4 nitrogen and oxygen atoms in total. The van der Waals surface area contributed by atoms with Crippen LogP contribution in [0.15, 0.2) is 34.9 Å². The van der Waals surface area contributed by atoms with Gasteiger partial charge in [-0.15, -0.1) is 0 Å². The largest absolute Gasteiger partial charge is 0.338 e. The summed E-state index contributed by atoms with van der Waals surface area (Å²) in [5, 5.41) is 3.88. The Balaban J connectivity index is 2.13. The van der Waals surface area contributed by atoms with E-state index in [4.69, 9.17) is 0 Å². The molecule has 0 spiro atoms. The van der Waals surface area contributed by atoms with Gasteiger partial charge in [0, 0.05) is 29.1 Å². The van der Waals surface area contributed by atoms with Gasteiger partial charge in [0.05, 0.1) is 11.2 Å². The molecule has 2 aromatic rings. The lowest BCUT2D eigenvalue weighted by molar-refractivity contribution is 0.243. The van der Waals surface area contributed by atoms with Crippen molar-refractivity contribution in [2.75, 3.05) is 18.0 Å². The Labute approximate surface area is 113 Å². The lowest BCUT2D eigenvalue weighted by Crippen LogP contribution is -2.46. The zero-order valence-electron chi connectivity index (χ0n) is 9.69. The number of para-hydroxylation sites is 1. The fourth-order valence-corrected chi connectivity index (χ4v) is 2.54. The first kappa shape index (κ1) is 11.5. The number of aromatic nitrogens is 1. The third-order valence-corrected chi connectivity index (χ3v) is 3.46. The molecule has 0 unspecified atom stereocenters. The van der Waals surface area contributed by atoms with Gasteiger partial charge >= 0.3 is 6.03 Å². The van der Waals surface area contributed by atoms with Gasteiger partial charge < -0.3 is 5.32 Å². The van der Waals surface area contributed by atoms with Crippen molar-refractivity contribution in [3.05, 3.63) is 34.9 Å². The maximum atomic E-state index is 11.9. The molecule has 1 aliphatic heterocycles. The second kappa shape index (κ2) is 4.57. The van der Waals surface area contributed by atoms with E-state index in [1.807, 2.05) is 24.3 Å². The van der Waals surface area contributed by atoms with E-state index in [0.717, 1.165) is 40.6 Å².